The molecule has 0 saturated heterocycles. The van der Waals surface area contributed by atoms with E-state index in [4.69, 9.17) is 20.9 Å². The summed E-state index contributed by atoms with van der Waals surface area (Å²) in [7, 11) is 0. The summed E-state index contributed by atoms with van der Waals surface area (Å²) in [5, 5.41) is 4.31. The predicted octanol–water partition coefficient (Wildman–Crippen LogP) is 4.89. The molecule has 0 amide bonds. The van der Waals surface area contributed by atoms with Crippen molar-refractivity contribution in [3.63, 3.8) is 0 Å². The number of aromatic nitrogens is 1. The van der Waals surface area contributed by atoms with Crippen molar-refractivity contribution in [2.24, 2.45) is 0 Å². The number of benzene rings is 2. The van der Waals surface area contributed by atoms with Gasteiger partial charge in [-0.1, -0.05) is 47.1 Å². The van der Waals surface area contributed by atoms with E-state index in [2.05, 4.69) is 5.16 Å². The molecule has 2 aromatic carbocycles. The topological polar surface area (TPSA) is 52.3 Å². The molecule has 4 nitrogen and oxygen atoms in total. The minimum Gasteiger partial charge on any atom is -0.456 e. The van der Waals surface area contributed by atoms with E-state index >= 15 is 0 Å². The Labute approximate surface area is 148 Å². The number of nitrogens with zero attached hydrogens (tertiary/aromatic N) is 1. The highest BCUT2D eigenvalue weighted by molar-refractivity contribution is 6.32. The number of carbonyl (C=O) groups is 1. The Morgan fingerprint density at radius 3 is 2.76 bits per heavy atom. The van der Waals surface area contributed by atoms with E-state index in [0.717, 1.165) is 0 Å². The van der Waals surface area contributed by atoms with Gasteiger partial charge in [0.15, 0.2) is 5.76 Å². The number of ether oxygens (including phenoxy) is 1. The zero-order chi connectivity index (χ0) is 17.6. The summed E-state index contributed by atoms with van der Waals surface area (Å²) in [4.78, 5) is 11.8. The Morgan fingerprint density at radius 2 is 1.96 bits per heavy atom. The molecule has 0 spiro atoms. The van der Waals surface area contributed by atoms with Crippen LogP contribution in [-0.4, -0.2) is 11.1 Å². The first-order valence-electron chi connectivity index (χ1n) is 7.43. The van der Waals surface area contributed by atoms with Crippen LogP contribution in [0.25, 0.3) is 17.4 Å². The molecular weight excluding hydrogens is 345 g/mol. The van der Waals surface area contributed by atoms with Gasteiger partial charge in [-0.05, 0) is 29.8 Å². The highest BCUT2D eigenvalue weighted by Gasteiger charge is 2.11. The van der Waals surface area contributed by atoms with Crippen LogP contribution in [0.5, 0.6) is 0 Å². The predicted molar refractivity (Wildman–Crippen MR) is 92.2 cm³/mol. The number of hydrogen-bond acceptors (Lipinski definition) is 4. The van der Waals surface area contributed by atoms with Crippen LogP contribution >= 0.6 is 11.6 Å². The third-order valence-electron chi connectivity index (χ3n) is 3.36. The van der Waals surface area contributed by atoms with Crippen LogP contribution < -0.4 is 0 Å². The molecule has 0 aliphatic heterocycles. The largest absolute Gasteiger partial charge is 0.456 e. The smallest absolute Gasteiger partial charge is 0.331 e. The monoisotopic (exact) mass is 357 g/mol. The lowest BCUT2D eigenvalue weighted by atomic mass is 10.1. The molecule has 1 aromatic heterocycles. The Kier molecular flexibility index (Phi) is 5.26. The SMILES string of the molecule is O=C(/C=C/c1ccccc1Cl)OCc1cc(-c2ccccc2F)on1. The third-order valence-corrected chi connectivity index (χ3v) is 3.71. The van der Waals surface area contributed by atoms with Crippen LogP contribution in [0, 0.1) is 5.82 Å². The van der Waals surface area contributed by atoms with Gasteiger partial charge in [0, 0.05) is 17.2 Å². The fourth-order valence-electron chi connectivity index (χ4n) is 2.13. The van der Waals surface area contributed by atoms with Crippen molar-refractivity contribution in [2.75, 3.05) is 0 Å². The van der Waals surface area contributed by atoms with E-state index in [1.54, 1.807) is 42.5 Å². The van der Waals surface area contributed by atoms with Crippen molar-refractivity contribution >= 4 is 23.6 Å². The zero-order valence-corrected chi connectivity index (χ0v) is 13.7. The van der Waals surface area contributed by atoms with Gasteiger partial charge >= 0.3 is 5.97 Å². The summed E-state index contributed by atoms with van der Waals surface area (Å²) in [6.07, 6.45) is 2.84. The molecule has 0 aliphatic rings. The van der Waals surface area contributed by atoms with Crippen molar-refractivity contribution in [3.8, 4) is 11.3 Å². The molecule has 1 heterocycles. The number of carbonyl (C=O) groups excluding carboxylic acids is 1. The lowest BCUT2D eigenvalue weighted by Crippen LogP contribution is -2.00. The van der Waals surface area contributed by atoms with E-state index in [-0.39, 0.29) is 12.4 Å². The zero-order valence-electron chi connectivity index (χ0n) is 13.0. The van der Waals surface area contributed by atoms with E-state index in [9.17, 15) is 9.18 Å². The van der Waals surface area contributed by atoms with Crippen LogP contribution in [0.4, 0.5) is 4.39 Å². The average molecular weight is 358 g/mol. The van der Waals surface area contributed by atoms with Crippen LogP contribution in [0.15, 0.2) is 65.2 Å². The van der Waals surface area contributed by atoms with Crippen molar-refractivity contribution in [3.05, 3.63) is 82.8 Å². The number of rotatable bonds is 5. The van der Waals surface area contributed by atoms with Crippen molar-refractivity contribution < 1.29 is 18.4 Å². The van der Waals surface area contributed by atoms with E-state index in [0.29, 0.717) is 21.8 Å². The number of halogens is 2. The molecular formula is C19H13ClFNO3. The highest BCUT2D eigenvalue weighted by Crippen LogP contribution is 2.23. The molecule has 0 aliphatic carbocycles. The molecule has 0 saturated carbocycles. The van der Waals surface area contributed by atoms with E-state index < -0.39 is 11.8 Å². The Morgan fingerprint density at radius 1 is 1.20 bits per heavy atom. The minimum atomic E-state index is -0.546. The average Bonchev–Trinajstić information content (AvgIpc) is 3.08. The maximum atomic E-state index is 13.7. The van der Waals surface area contributed by atoms with E-state index in [1.165, 1.54) is 18.2 Å². The van der Waals surface area contributed by atoms with E-state index in [1.807, 2.05) is 6.07 Å². The number of hydrogen-bond donors (Lipinski definition) is 0. The second kappa shape index (κ2) is 7.77. The second-order valence-corrected chi connectivity index (χ2v) is 5.53. The highest BCUT2D eigenvalue weighted by atomic mass is 35.5. The van der Waals surface area contributed by atoms with Gasteiger partial charge < -0.3 is 9.26 Å². The molecule has 6 heteroatoms. The van der Waals surface area contributed by atoms with Gasteiger partial charge in [-0.2, -0.15) is 0 Å². The first-order valence-corrected chi connectivity index (χ1v) is 7.81. The van der Waals surface area contributed by atoms with Gasteiger partial charge in [0.2, 0.25) is 0 Å². The van der Waals surface area contributed by atoms with Gasteiger partial charge in [-0.3, -0.25) is 0 Å². The van der Waals surface area contributed by atoms with Crippen molar-refractivity contribution in [1.82, 2.24) is 5.16 Å². The summed E-state index contributed by atoms with van der Waals surface area (Å²) in [6.45, 7) is -0.0797. The standard InChI is InChI=1S/C19H13ClFNO3/c20-16-7-3-1-5-13(16)9-10-19(23)24-12-14-11-18(25-22-14)15-6-2-4-8-17(15)21/h1-11H,12H2/b10-9+. The molecule has 0 radical (unpaired) electrons. The molecule has 25 heavy (non-hydrogen) atoms. The van der Waals surface area contributed by atoms with Gasteiger partial charge in [0.25, 0.3) is 0 Å². The Bertz CT molecular complexity index is 920. The molecule has 3 rings (SSSR count). The quantitative estimate of drug-likeness (QED) is 0.482. The van der Waals surface area contributed by atoms with Crippen molar-refractivity contribution in [1.29, 1.82) is 0 Å². The first kappa shape index (κ1) is 16.9. The minimum absolute atomic E-state index is 0.0797. The molecule has 0 N–H and O–H groups in total. The number of esters is 1. The molecule has 0 fully saturated rings. The second-order valence-electron chi connectivity index (χ2n) is 5.12. The van der Waals surface area contributed by atoms with Gasteiger partial charge in [-0.25, -0.2) is 9.18 Å². The summed E-state index contributed by atoms with van der Waals surface area (Å²) >= 11 is 6.00. The molecule has 0 unspecified atom stereocenters. The van der Waals surface area contributed by atoms with Gasteiger partial charge in [0.1, 0.15) is 18.1 Å². The van der Waals surface area contributed by atoms with Crippen LogP contribution in [0.3, 0.4) is 0 Å². The summed E-state index contributed by atoms with van der Waals surface area (Å²) in [6, 6.07) is 14.9. The third kappa shape index (κ3) is 4.33. The van der Waals surface area contributed by atoms with Gasteiger partial charge in [-0.15, -0.1) is 0 Å². The maximum Gasteiger partial charge on any atom is 0.331 e. The van der Waals surface area contributed by atoms with Crippen LogP contribution in [0.1, 0.15) is 11.3 Å². The van der Waals surface area contributed by atoms with Crippen LogP contribution in [-0.2, 0) is 16.1 Å². The molecule has 0 atom stereocenters. The Balaban J connectivity index is 1.60. The molecule has 3 aromatic rings. The van der Waals surface area contributed by atoms with Crippen molar-refractivity contribution in [2.45, 2.75) is 6.61 Å². The summed E-state index contributed by atoms with van der Waals surface area (Å²) < 4.78 is 23.9. The normalized spacial score (nSPS) is 11.0. The lowest BCUT2D eigenvalue weighted by Gasteiger charge is -1.99. The molecule has 126 valence electrons. The van der Waals surface area contributed by atoms with Gasteiger partial charge in [0.05, 0.1) is 5.56 Å². The maximum absolute atomic E-state index is 13.7. The fourth-order valence-corrected chi connectivity index (χ4v) is 2.33. The summed E-state index contributed by atoms with van der Waals surface area (Å²) in [5.41, 5.74) is 1.40. The lowest BCUT2D eigenvalue weighted by molar-refractivity contribution is -0.139. The molecule has 0 bridgehead atoms. The van der Waals surface area contributed by atoms with Crippen LogP contribution in [0.2, 0.25) is 5.02 Å². The summed E-state index contributed by atoms with van der Waals surface area (Å²) in [5.74, 6) is -0.684. The Hall–Kier alpha value is -2.92. The fraction of sp³-hybridized carbons (Fsp3) is 0.0526. The first-order chi connectivity index (χ1) is 12.1.